The van der Waals surface area contributed by atoms with Crippen LogP contribution in [0.5, 0.6) is 0 Å². The molecule has 1 heterocycles. The van der Waals surface area contributed by atoms with Crippen molar-refractivity contribution in [2.45, 2.75) is 50.7 Å². The van der Waals surface area contributed by atoms with Gasteiger partial charge >= 0.3 is 18.4 Å². The lowest BCUT2D eigenvalue weighted by atomic mass is 9.96. The number of hydrogen-bond donors (Lipinski definition) is 0. The van der Waals surface area contributed by atoms with E-state index in [0.29, 0.717) is 17.7 Å². The molecule has 0 bridgehead atoms. The van der Waals surface area contributed by atoms with Gasteiger partial charge in [0.15, 0.2) is 0 Å². The van der Waals surface area contributed by atoms with E-state index in [2.05, 4.69) is 6.58 Å². The molecule has 196 valence electrons. The van der Waals surface area contributed by atoms with Crippen LogP contribution in [0.1, 0.15) is 48.9 Å². The number of carbonyl (C=O) groups is 1. The van der Waals surface area contributed by atoms with Crippen LogP contribution in [0.15, 0.2) is 49.0 Å². The predicted molar refractivity (Wildman–Crippen MR) is 117 cm³/mol. The van der Waals surface area contributed by atoms with Crippen molar-refractivity contribution in [3.8, 4) is 0 Å². The van der Waals surface area contributed by atoms with E-state index >= 15 is 0 Å². The van der Waals surface area contributed by atoms with Crippen molar-refractivity contribution >= 4 is 11.9 Å². The summed E-state index contributed by atoms with van der Waals surface area (Å²) < 4.78 is 104. The Morgan fingerprint density at radius 2 is 1.44 bits per heavy atom. The summed E-state index contributed by atoms with van der Waals surface area (Å²) in [6.45, 7) is 8.54. The molecular weight excluding hydrogens is 495 g/mol. The first kappa shape index (κ1) is 27.3. The van der Waals surface area contributed by atoms with Gasteiger partial charge in [0, 0.05) is 18.0 Å². The zero-order valence-corrected chi connectivity index (χ0v) is 19.6. The molecule has 0 saturated carbocycles. The minimum Gasteiger partial charge on any atom is -0.488 e. The van der Waals surface area contributed by atoms with E-state index in [1.165, 1.54) is 29.2 Å². The summed E-state index contributed by atoms with van der Waals surface area (Å²) >= 11 is 0. The van der Waals surface area contributed by atoms with Gasteiger partial charge in [0.05, 0.1) is 17.7 Å². The van der Waals surface area contributed by atoms with Crippen molar-refractivity contribution < 1.29 is 45.0 Å². The van der Waals surface area contributed by atoms with Crippen molar-refractivity contribution in [3.63, 3.8) is 0 Å². The predicted octanol–water partition coefficient (Wildman–Crippen LogP) is 7.25. The molecule has 2 aromatic rings. The number of rotatable bonds is 4. The minimum absolute atomic E-state index is 0.0118. The van der Waals surface area contributed by atoms with Gasteiger partial charge in [-0.2, -0.15) is 26.3 Å². The molecule has 2 atom stereocenters. The fraction of sp³-hybridized carbons (Fsp3) is 0.400. The number of alkyl halides is 6. The summed E-state index contributed by atoms with van der Waals surface area (Å²) in [5, 5.41) is 0. The molecule has 1 saturated heterocycles. The Morgan fingerprint density at radius 3 is 1.92 bits per heavy atom. The lowest BCUT2D eigenvalue weighted by molar-refractivity contribution is -0.143. The van der Waals surface area contributed by atoms with E-state index in [1.54, 1.807) is 20.8 Å². The summed E-state index contributed by atoms with van der Waals surface area (Å²) in [6, 6.07) is 6.36. The molecule has 4 nitrogen and oxygen atoms in total. The van der Waals surface area contributed by atoms with E-state index in [1.807, 2.05) is 0 Å². The van der Waals surface area contributed by atoms with Crippen molar-refractivity contribution in [1.82, 2.24) is 4.90 Å². The fourth-order valence-corrected chi connectivity index (χ4v) is 3.77. The molecular formula is C25H24F7NO3. The molecule has 11 heteroatoms. The first-order chi connectivity index (χ1) is 16.4. The number of likely N-dealkylation sites (tertiary alicyclic amines) is 1. The number of nitrogens with zero attached hydrogens (tertiary/aromatic N) is 1. The summed E-state index contributed by atoms with van der Waals surface area (Å²) in [7, 11) is 0. The Labute approximate surface area is 203 Å². The van der Waals surface area contributed by atoms with E-state index < -0.39 is 64.3 Å². The number of amides is 1. The van der Waals surface area contributed by atoms with Gasteiger partial charge in [0.25, 0.3) is 0 Å². The van der Waals surface area contributed by atoms with Gasteiger partial charge in [-0.25, -0.2) is 9.18 Å². The van der Waals surface area contributed by atoms with Gasteiger partial charge in [0.1, 0.15) is 23.3 Å². The third kappa shape index (κ3) is 6.70. The standard InChI is InChI=1S/C25H24F7NO3/c1-14(16-9-17(24(27,28)29)11-18(10-16)25(30,31)32)35-21-13-33(22(34)36-23(2,3)4)12-20(21)15-5-7-19(26)8-6-15/h5-11,20-21H,1,12-13H2,2-4H3/t20-,21+/m1/s1. The van der Waals surface area contributed by atoms with Crippen LogP contribution in [0.3, 0.4) is 0 Å². The topological polar surface area (TPSA) is 38.8 Å². The number of benzene rings is 2. The number of ether oxygens (including phenoxy) is 2. The second-order valence-electron chi connectivity index (χ2n) is 9.42. The Kier molecular flexibility index (Phi) is 7.34. The molecule has 0 N–H and O–H groups in total. The Morgan fingerprint density at radius 1 is 0.917 bits per heavy atom. The van der Waals surface area contributed by atoms with Crippen LogP contribution >= 0.6 is 0 Å². The molecule has 1 fully saturated rings. The molecule has 3 rings (SSSR count). The Balaban J connectivity index is 1.93. The van der Waals surface area contributed by atoms with E-state index in [-0.39, 0.29) is 19.2 Å². The maximum Gasteiger partial charge on any atom is 0.416 e. The van der Waals surface area contributed by atoms with Crippen molar-refractivity contribution in [1.29, 1.82) is 0 Å². The van der Waals surface area contributed by atoms with Crippen LogP contribution in [-0.4, -0.2) is 35.8 Å². The molecule has 0 radical (unpaired) electrons. The highest BCUT2D eigenvalue weighted by Crippen LogP contribution is 2.39. The molecule has 2 aromatic carbocycles. The Bertz CT molecular complexity index is 1090. The number of halogens is 7. The van der Waals surface area contributed by atoms with Crippen LogP contribution in [0.2, 0.25) is 0 Å². The molecule has 36 heavy (non-hydrogen) atoms. The second-order valence-corrected chi connectivity index (χ2v) is 9.42. The van der Waals surface area contributed by atoms with E-state index in [4.69, 9.17) is 9.47 Å². The summed E-state index contributed by atoms with van der Waals surface area (Å²) in [4.78, 5) is 13.9. The molecule has 1 aliphatic rings. The maximum absolute atomic E-state index is 13.4. The lowest BCUT2D eigenvalue weighted by Crippen LogP contribution is -2.36. The van der Waals surface area contributed by atoms with Crippen LogP contribution < -0.4 is 0 Å². The fourth-order valence-electron chi connectivity index (χ4n) is 3.77. The van der Waals surface area contributed by atoms with Gasteiger partial charge in [-0.3, -0.25) is 0 Å². The van der Waals surface area contributed by atoms with Gasteiger partial charge in [0.2, 0.25) is 0 Å². The molecule has 0 aromatic heterocycles. The molecule has 0 aliphatic carbocycles. The van der Waals surface area contributed by atoms with Crippen molar-refractivity contribution in [3.05, 3.63) is 77.1 Å². The van der Waals surface area contributed by atoms with Gasteiger partial charge in [-0.1, -0.05) is 18.7 Å². The Hall–Kier alpha value is -3.24. The SMILES string of the molecule is C=C(O[C@H]1CN(C(=O)OC(C)(C)C)C[C@@H]1c1ccc(F)cc1)c1cc(C(F)(F)F)cc(C(F)(F)F)c1. The quantitative estimate of drug-likeness (QED) is 0.316. The maximum atomic E-state index is 13.4. The first-order valence-corrected chi connectivity index (χ1v) is 10.8. The number of hydrogen-bond acceptors (Lipinski definition) is 3. The van der Waals surface area contributed by atoms with Crippen LogP contribution in [0.25, 0.3) is 5.76 Å². The molecule has 0 spiro atoms. The summed E-state index contributed by atoms with van der Waals surface area (Å²) in [5.74, 6) is -1.52. The lowest BCUT2D eigenvalue weighted by Gasteiger charge is -2.24. The molecule has 1 aliphatic heterocycles. The van der Waals surface area contributed by atoms with Gasteiger partial charge in [-0.15, -0.1) is 0 Å². The molecule has 1 amide bonds. The minimum atomic E-state index is -5.03. The van der Waals surface area contributed by atoms with Crippen molar-refractivity contribution in [2.24, 2.45) is 0 Å². The monoisotopic (exact) mass is 519 g/mol. The van der Waals surface area contributed by atoms with Crippen LogP contribution in [-0.2, 0) is 21.8 Å². The normalized spacial score (nSPS) is 18.8. The van der Waals surface area contributed by atoms with Crippen LogP contribution in [0, 0.1) is 5.82 Å². The third-order valence-corrected chi connectivity index (χ3v) is 5.42. The highest BCUT2D eigenvalue weighted by molar-refractivity contribution is 5.69. The average Bonchev–Trinajstić information content (AvgIpc) is 3.15. The van der Waals surface area contributed by atoms with E-state index in [9.17, 15) is 35.5 Å². The van der Waals surface area contributed by atoms with E-state index in [0.717, 1.165) is 0 Å². The average molecular weight is 519 g/mol. The smallest absolute Gasteiger partial charge is 0.416 e. The number of carbonyl (C=O) groups excluding carboxylic acids is 1. The zero-order valence-electron chi connectivity index (χ0n) is 19.6. The largest absolute Gasteiger partial charge is 0.488 e. The molecule has 0 unspecified atom stereocenters. The highest BCUT2D eigenvalue weighted by atomic mass is 19.4. The second kappa shape index (κ2) is 9.67. The zero-order chi connectivity index (χ0) is 27.1. The summed E-state index contributed by atoms with van der Waals surface area (Å²) in [6.07, 6.45) is -11.6. The summed E-state index contributed by atoms with van der Waals surface area (Å²) in [5.41, 5.74) is -3.77. The first-order valence-electron chi connectivity index (χ1n) is 10.8. The highest BCUT2D eigenvalue weighted by Gasteiger charge is 2.41. The van der Waals surface area contributed by atoms with Gasteiger partial charge < -0.3 is 14.4 Å². The van der Waals surface area contributed by atoms with Crippen LogP contribution in [0.4, 0.5) is 35.5 Å². The van der Waals surface area contributed by atoms with Crippen molar-refractivity contribution in [2.75, 3.05) is 13.1 Å². The van der Waals surface area contributed by atoms with Gasteiger partial charge in [-0.05, 0) is 56.7 Å². The third-order valence-electron chi connectivity index (χ3n) is 5.42.